The third-order valence-electron chi connectivity index (χ3n) is 6.71. The van der Waals surface area contributed by atoms with Crippen LogP contribution >= 0.6 is 0 Å². The number of nitrogens with zero attached hydrogens (tertiary/aromatic N) is 2. The van der Waals surface area contributed by atoms with Crippen LogP contribution in [-0.2, 0) is 16.0 Å². The minimum absolute atomic E-state index is 0.0780. The van der Waals surface area contributed by atoms with E-state index in [0.717, 1.165) is 36.0 Å². The zero-order chi connectivity index (χ0) is 20.3. The van der Waals surface area contributed by atoms with Gasteiger partial charge in [-0.2, -0.15) is 0 Å². The maximum Gasteiger partial charge on any atom is 0.226 e. The minimum atomic E-state index is -0.483. The smallest absolute Gasteiger partial charge is 0.226 e. The zero-order valence-electron chi connectivity index (χ0n) is 17.1. The largest absolute Gasteiger partial charge is 0.359 e. The van der Waals surface area contributed by atoms with E-state index in [-0.39, 0.29) is 17.7 Å². The zero-order valence-corrected chi connectivity index (χ0v) is 17.1. The lowest BCUT2D eigenvalue weighted by Crippen LogP contribution is -2.52. The molecule has 1 saturated carbocycles. The molecule has 1 N–H and O–H groups in total. The van der Waals surface area contributed by atoms with E-state index < -0.39 is 5.41 Å². The number of amides is 2. The number of hydrogen-bond acceptors (Lipinski definition) is 3. The van der Waals surface area contributed by atoms with E-state index in [0.29, 0.717) is 32.4 Å². The first-order chi connectivity index (χ1) is 14.1. The summed E-state index contributed by atoms with van der Waals surface area (Å²) >= 11 is 0. The number of benzene rings is 1. The SMILES string of the molecule is CNC(=O)C1(Cc2ccccc2-c2cccnc2)CCN(C(=O)C2CCC2)CC1. The van der Waals surface area contributed by atoms with E-state index in [1.807, 2.05) is 29.3 Å². The lowest BCUT2D eigenvalue weighted by atomic mass is 9.71. The molecule has 4 rings (SSSR count). The van der Waals surface area contributed by atoms with Gasteiger partial charge in [-0.25, -0.2) is 0 Å². The molecule has 1 aliphatic heterocycles. The van der Waals surface area contributed by atoms with Gasteiger partial charge >= 0.3 is 0 Å². The Hall–Kier alpha value is -2.69. The summed E-state index contributed by atoms with van der Waals surface area (Å²) in [6, 6.07) is 12.3. The second kappa shape index (κ2) is 8.36. The van der Waals surface area contributed by atoms with Crippen LogP contribution in [0, 0.1) is 11.3 Å². The van der Waals surface area contributed by atoms with Gasteiger partial charge in [0.1, 0.15) is 0 Å². The standard InChI is InChI=1S/C24H29N3O2/c1-25-23(29)24(11-14-27(15-12-24)22(28)18-7-4-8-18)16-19-6-2-3-10-21(19)20-9-5-13-26-17-20/h2-3,5-6,9-10,13,17-18H,4,7-8,11-12,14-16H2,1H3,(H,25,29). The predicted octanol–water partition coefficient (Wildman–Crippen LogP) is 3.45. The lowest BCUT2D eigenvalue weighted by molar-refractivity contribution is -0.144. The van der Waals surface area contributed by atoms with E-state index in [2.05, 4.69) is 28.5 Å². The van der Waals surface area contributed by atoms with E-state index in [9.17, 15) is 9.59 Å². The number of likely N-dealkylation sites (tertiary alicyclic amines) is 1. The van der Waals surface area contributed by atoms with Crippen molar-refractivity contribution in [3.05, 3.63) is 54.4 Å². The number of carbonyl (C=O) groups is 2. The van der Waals surface area contributed by atoms with Gasteiger partial charge in [-0.05, 0) is 49.3 Å². The quantitative estimate of drug-likeness (QED) is 0.849. The molecular weight excluding hydrogens is 362 g/mol. The predicted molar refractivity (Wildman–Crippen MR) is 113 cm³/mol. The summed E-state index contributed by atoms with van der Waals surface area (Å²) in [7, 11) is 1.71. The molecule has 29 heavy (non-hydrogen) atoms. The molecule has 0 bridgehead atoms. The van der Waals surface area contributed by atoms with E-state index in [4.69, 9.17) is 0 Å². The Morgan fingerprint density at radius 1 is 1.14 bits per heavy atom. The molecular formula is C24H29N3O2. The number of piperidine rings is 1. The summed E-state index contributed by atoms with van der Waals surface area (Å²) in [6.07, 6.45) is 8.92. The van der Waals surface area contributed by atoms with Gasteiger partial charge in [-0.15, -0.1) is 0 Å². The topological polar surface area (TPSA) is 62.3 Å². The molecule has 1 saturated heterocycles. The van der Waals surface area contributed by atoms with Crippen LogP contribution in [0.3, 0.4) is 0 Å². The average Bonchev–Trinajstić information content (AvgIpc) is 2.73. The Morgan fingerprint density at radius 3 is 2.52 bits per heavy atom. The van der Waals surface area contributed by atoms with Crippen LogP contribution in [0.15, 0.2) is 48.8 Å². The second-order valence-corrected chi connectivity index (χ2v) is 8.39. The molecule has 2 heterocycles. The van der Waals surface area contributed by atoms with E-state index >= 15 is 0 Å². The summed E-state index contributed by atoms with van der Waals surface area (Å²) in [5, 5.41) is 2.89. The van der Waals surface area contributed by atoms with Crippen molar-refractivity contribution in [3.63, 3.8) is 0 Å². The molecule has 1 aromatic heterocycles. The van der Waals surface area contributed by atoms with Crippen LogP contribution in [0.1, 0.15) is 37.7 Å². The molecule has 2 aromatic rings. The van der Waals surface area contributed by atoms with Gasteiger partial charge in [0.05, 0.1) is 5.41 Å². The molecule has 5 nitrogen and oxygen atoms in total. The minimum Gasteiger partial charge on any atom is -0.359 e. The van der Waals surface area contributed by atoms with Gasteiger partial charge in [0.15, 0.2) is 0 Å². The molecule has 5 heteroatoms. The van der Waals surface area contributed by atoms with Gasteiger partial charge in [-0.3, -0.25) is 14.6 Å². The van der Waals surface area contributed by atoms with Crippen molar-refractivity contribution in [2.24, 2.45) is 11.3 Å². The molecule has 0 radical (unpaired) electrons. The van der Waals surface area contributed by atoms with Crippen LogP contribution in [0.2, 0.25) is 0 Å². The van der Waals surface area contributed by atoms with Crippen LogP contribution in [0.5, 0.6) is 0 Å². The first-order valence-corrected chi connectivity index (χ1v) is 10.6. The van der Waals surface area contributed by atoms with Crippen molar-refractivity contribution in [1.82, 2.24) is 15.2 Å². The highest BCUT2D eigenvalue weighted by Crippen LogP contribution is 2.39. The molecule has 0 atom stereocenters. The highest BCUT2D eigenvalue weighted by atomic mass is 16.2. The Balaban J connectivity index is 1.56. The summed E-state index contributed by atoms with van der Waals surface area (Å²) in [4.78, 5) is 31.9. The van der Waals surface area contributed by atoms with Crippen molar-refractivity contribution >= 4 is 11.8 Å². The fourth-order valence-electron chi connectivity index (χ4n) is 4.66. The summed E-state index contributed by atoms with van der Waals surface area (Å²) in [5.74, 6) is 0.584. The molecule has 152 valence electrons. The van der Waals surface area contributed by atoms with Crippen LogP contribution in [0.25, 0.3) is 11.1 Å². The third kappa shape index (κ3) is 3.91. The molecule has 1 aliphatic carbocycles. The number of pyridine rings is 1. The number of nitrogens with one attached hydrogen (secondary N) is 1. The van der Waals surface area contributed by atoms with Gasteiger partial charge in [0.2, 0.25) is 11.8 Å². The lowest BCUT2D eigenvalue weighted by Gasteiger charge is -2.42. The van der Waals surface area contributed by atoms with Gasteiger partial charge in [0, 0.05) is 44.0 Å². The van der Waals surface area contributed by atoms with Crippen LogP contribution in [0.4, 0.5) is 0 Å². The molecule has 2 fully saturated rings. The Morgan fingerprint density at radius 2 is 1.90 bits per heavy atom. The first-order valence-electron chi connectivity index (χ1n) is 10.6. The number of rotatable bonds is 5. The van der Waals surface area contributed by atoms with E-state index in [1.165, 1.54) is 0 Å². The normalized spacial score (nSPS) is 18.7. The number of hydrogen-bond donors (Lipinski definition) is 1. The monoisotopic (exact) mass is 391 g/mol. The highest BCUT2D eigenvalue weighted by Gasteiger charge is 2.43. The summed E-state index contributed by atoms with van der Waals surface area (Å²) in [5.41, 5.74) is 2.86. The molecule has 2 aliphatic rings. The van der Waals surface area contributed by atoms with Gasteiger partial charge < -0.3 is 10.2 Å². The van der Waals surface area contributed by atoms with Crippen molar-refractivity contribution in [1.29, 1.82) is 0 Å². The maximum absolute atomic E-state index is 13.0. The van der Waals surface area contributed by atoms with Crippen molar-refractivity contribution < 1.29 is 9.59 Å². The molecule has 0 unspecified atom stereocenters. The van der Waals surface area contributed by atoms with E-state index in [1.54, 1.807) is 13.2 Å². The molecule has 0 spiro atoms. The second-order valence-electron chi connectivity index (χ2n) is 8.39. The maximum atomic E-state index is 13.0. The Bertz CT molecular complexity index is 869. The summed E-state index contributed by atoms with van der Waals surface area (Å²) < 4.78 is 0. The first kappa shape index (κ1) is 19.6. The highest BCUT2D eigenvalue weighted by molar-refractivity contribution is 5.84. The van der Waals surface area contributed by atoms with Crippen LogP contribution < -0.4 is 5.32 Å². The fraction of sp³-hybridized carbons (Fsp3) is 0.458. The van der Waals surface area contributed by atoms with Crippen molar-refractivity contribution in [2.45, 2.75) is 38.5 Å². The Kier molecular flexibility index (Phi) is 5.65. The molecule has 2 amide bonds. The van der Waals surface area contributed by atoms with Gasteiger partial charge in [0.25, 0.3) is 0 Å². The third-order valence-corrected chi connectivity index (χ3v) is 6.71. The van der Waals surface area contributed by atoms with Crippen molar-refractivity contribution in [3.8, 4) is 11.1 Å². The number of aromatic nitrogens is 1. The Labute approximate surface area is 172 Å². The van der Waals surface area contributed by atoms with Crippen molar-refractivity contribution in [2.75, 3.05) is 20.1 Å². The van der Waals surface area contributed by atoms with Crippen LogP contribution in [-0.4, -0.2) is 41.8 Å². The average molecular weight is 392 g/mol. The van der Waals surface area contributed by atoms with Gasteiger partial charge in [-0.1, -0.05) is 36.8 Å². The number of carbonyl (C=O) groups excluding carboxylic acids is 2. The molecule has 1 aromatic carbocycles. The summed E-state index contributed by atoms with van der Waals surface area (Å²) in [6.45, 7) is 1.33. The fourth-order valence-corrected chi connectivity index (χ4v) is 4.66.